The van der Waals surface area contributed by atoms with Crippen molar-refractivity contribution in [1.82, 2.24) is 20.2 Å². The molecule has 2 aromatic rings. The number of carbonyl (C=O) groups excluding carboxylic acids is 3. The number of imidazole rings is 1. The third-order valence-corrected chi connectivity index (χ3v) is 5.13. The van der Waals surface area contributed by atoms with Gasteiger partial charge in [0.15, 0.2) is 0 Å². The van der Waals surface area contributed by atoms with Crippen LogP contribution in [0.25, 0.3) is 11.0 Å². The molecule has 9 heteroatoms. The number of ether oxygens (including phenoxy) is 1. The summed E-state index contributed by atoms with van der Waals surface area (Å²) in [7, 11) is 1.27. The smallest absolute Gasteiger partial charge is 0.325 e. The van der Waals surface area contributed by atoms with Crippen molar-refractivity contribution in [2.75, 3.05) is 19.4 Å². The molecule has 1 aliphatic rings. The van der Waals surface area contributed by atoms with E-state index < -0.39 is 5.97 Å². The number of amides is 2. The van der Waals surface area contributed by atoms with Crippen LogP contribution in [0.4, 0.5) is 0 Å². The Kier molecular flexibility index (Phi) is 6.79. The Labute approximate surface area is 174 Å². The zero-order valence-electron chi connectivity index (χ0n) is 16.6. The van der Waals surface area contributed by atoms with Gasteiger partial charge in [0.1, 0.15) is 12.4 Å². The highest BCUT2D eigenvalue weighted by Gasteiger charge is 2.31. The molecule has 1 saturated carbocycles. The number of aromatic nitrogens is 2. The summed E-state index contributed by atoms with van der Waals surface area (Å²) in [5.74, 6) is 0.371. The van der Waals surface area contributed by atoms with Gasteiger partial charge in [-0.2, -0.15) is 12.6 Å². The van der Waals surface area contributed by atoms with Gasteiger partial charge in [-0.25, -0.2) is 4.98 Å². The molecule has 1 unspecified atom stereocenters. The number of methoxy groups -OCH3 is 1. The minimum atomic E-state index is -0.512. The normalized spacial score (nSPS) is 14.4. The van der Waals surface area contributed by atoms with Crippen molar-refractivity contribution >= 4 is 41.4 Å². The predicted molar refractivity (Wildman–Crippen MR) is 112 cm³/mol. The van der Waals surface area contributed by atoms with Crippen LogP contribution in [0.15, 0.2) is 18.2 Å². The number of nitrogens with zero attached hydrogens (tertiary/aromatic N) is 2. The van der Waals surface area contributed by atoms with E-state index in [0.29, 0.717) is 35.7 Å². The molecular formula is C20H26N4O4S. The molecule has 1 aliphatic carbocycles. The van der Waals surface area contributed by atoms with Crippen LogP contribution in [-0.2, 0) is 14.3 Å². The molecule has 1 heterocycles. The molecule has 0 radical (unpaired) electrons. The average molecular weight is 419 g/mol. The summed E-state index contributed by atoms with van der Waals surface area (Å²) in [4.78, 5) is 40.5. The maximum atomic E-state index is 12.3. The molecule has 0 spiro atoms. The number of benzene rings is 1. The van der Waals surface area contributed by atoms with E-state index in [9.17, 15) is 14.4 Å². The van der Waals surface area contributed by atoms with Gasteiger partial charge in [-0.05, 0) is 43.2 Å². The van der Waals surface area contributed by atoms with Crippen LogP contribution in [0.1, 0.15) is 60.9 Å². The quantitative estimate of drug-likeness (QED) is 0.428. The lowest BCUT2D eigenvalue weighted by Crippen LogP contribution is -2.30. The highest BCUT2D eigenvalue weighted by atomic mass is 32.1. The molecule has 1 atom stereocenters. The first-order valence-corrected chi connectivity index (χ1v) is 10.4. The largest absolute Gasteiger partial charge is 0.468 e. The van der Waals surface area contributed by atoms with E-state index in [4.69, 9.17) is 4.98 Å². The van der Waals surface area contributed by atoms with Crippen molar-refractivity contribution in [3.63, 3.8) is 0 Å². The molecule has 156 valence electrons. The summed E-state index contributed by atoms with van der Waals surface area (Å²) in [6.45, 7) is 1.82. The Morgan fingerprint density at radius 3 is 2.72 bits per heavy atom. The van der Waals surface area contributed by atoms with Gasteiger partial charge < -0.3 is 19.9 Å². The minimum Gasteiger partial charge on any atom is -0.468 e. The molecule has 29 heavy (non-hydrogen) atoms. The average Bonchev–Trinajstić information content (AvgIpc) is 3.49. The van der Waals surface area contributed by atoms with Gasteiger partial charge in [0.25, 0.3) is 5.91 Å². The van der Waals surface area contributed by atoms with Crippen LogP contribution >= 0.6 is 12.6 Å². The van der Waals surface area contributed by atoms with E-state index in [-0.39, 0.29) is 24.4 Å². The van der Waals surface area contributed by atoms with E-state index in [1.165, 1.54) is 7.11 Å². The van der Waals surface area contributed by atoms with Crippen LogP contribution < -0.4 is 10.6 Å². The fourth-order valence-corrected chi connectivity index (χ4v) is 3.47. The number of thiol groups is 1. The van der Waals surface area contributed by atoms with Gasteiger partial charge in [-0.15, -0.1) is 0 Å². The Morgan fingerprint density at radius 1 is 1.34 bits per heavy atom. The molecule has 1 aromatic heterocycles. The number of hydrogen-bond acceptors (Lipinski definition) is 6. The predicted octanol–water partition coefficient (Wildman–Crippen LogP) is 2.16. The molecule has 8 nitrogen and oxygen atoms in total. The summed E-state index contributed by atoms with van der Waals surface area (Å²) in [5.41, 5.74) is 2.05. The van der Waals surface area contributed by atoms with Crippen LogP contribution in [-0.4, -0.2) is 46.7 Å². The summed E-state index contributed by atoms with van der Waals surface area (Å²) < 4.78 is 6.72. The van der Waals surface area contributed by atoms with Gasteiger partial charge in [-0.1, -0.05) is 6.92 Å². The van der Waals surface area contributed by atoms with Crippen molar-refractivity contribution in [3.05, 3.63) is 29.6 Å². The van der Waals surface area contributed by atoms with Crippen LogP contribution in [0.5, 0.6) is 0 Å². The van der Waals surface area contributed by atoms with Gasteiger partial charge >= 0.3 is 5.97 Å². The second-order valence-electron chi connectivity index (χ2n) is 7.04. The molecule has 0 aliphatic heterocycles. The first-order valence-electron chi connectivity index (χ1n) is 9.75. The van der Waals surface area contributed by atoms with E-state index in [2.05, 4.69) is 32.6 Å². The highest BCUT2D eigenvalue weighted by Crippen LogP contribution is 2.40. The summed E-state index contributed by atoms with van der Waals surface area (Å²) in [6.07, 6.45) is 3.20. The van der Waals surface area contributed by atoms with E-state index >= 15 is 0 Å². The number of rotatable bonds is 9. The molecule has 0 saturated heterocycles. The van der Waals surface area contributed by atoms with Gasteiger partial charge in [0.2, 0.25) is 5.91 Å². The third-order valence-electron chi connectivity index (χ3n) is 4.91. The van der Waals surface area contributed by atoms with Crippen molar-refractivity contribution in [1.29, 1.82) is 0 Å². The van der Waals surface area contributed by atoms with Crippen LogP contribution in [0.2, 0.25) is 0 Å². The molecule has 1 fully saturated rings. The molecular weight excluding hydrogens is 392 g/mol. The van der Waals surface area contributed by atoms with Crippen LogP contribution in [0, 0.1) is 0 Å². The molecule has 0 bridgehead atoms. The number of hydrogen-bond donors (Lipinski definition) is 3. The standard InChI is InChI=1S/C20H26N4O4S/c1-3-14(22-17(25)8-9-29)19-23-15-10-12(20(27)21-11-18(26)28-2)4-7-16(15)24(19)13-5-6-13/h4,7,10,13-14,29H,3,5-6,8-9,11H2,1-2H3,(H,21,27)(H,22,25). The van der Waals surface area contributed by atoms with Gasteiger partial charge in [0, 0.05) is 18.0 Å². The monoisotopic (exact) mass is 418 g/mol. The Balaban J connectivity index is 1.90. The van der Waals surface area contributed by atoms with E-state index in [1.807, 2.05) is 13.0 Å². The first-order chi connectivity index (χ1) is 14.0. The molecule has 2 amide bonds. The lowest BCUT2D eigenvalue weighted by atomic mass is 10.2. The SMILES string of the molecule is CCC(NC(=O)CCS)c1nc2cc(C(=O)NCC(=O)OC)ccc2n1C1CC1. The van der Waals surface area contributed by atoms with Gasteiger partial charge in [-0.3, -0.25) is 14.4 Å². The number of carbonyl (C=O) groups is 3. The molecule has 3 rings (SSSR count). The van der Waals surface area contributed by atoms with E-state index in [1.54, 1.807) is 12.1 Å². The van der Waals surface area contributed by atoms with Crippen molar-refractivity contribution in [3.8, 4) is 0 Å². The van der Waals surface area contributed by atoms with Crippen molar-refractivity contribution < 1.29 is 19.1 Å². The summed E-state index contributed by atoms with van der Waals surface area (Å²) >= 11 is 4.12. The van der Waals surface area contributed by atoms with Crippen molar-refractivity contribution in [2.24, 2.45) is 0 Å². The second-order valence-corrected chi connectivity index (χ2v) is 7.48. The summed E-state index contributed by atoms with van der Waals surface area (Å²) in [5, 5.41) is 5.58. The van der Waals surface area contributed by atoms with Crippen LogP contribution in [0.3, 0.4) is 0 Å². The highest BCUT2D eigenvalue weighted by molar-refractivity contribution is 7.80. The fraction of sp³-hybridized carbons (Fsp3) is 0.500. The number of esters is 1. The lowest BCUT2D eigenvalue weighted by molar-refractivity contribution is -0.139. The van der Waals surface area contributed by atoms with E-state index in [0.717, 1.165) is 24.2 Å². The molecule has 2 N–H and O–H groups in total. The zero-order valence-corrected chi connectivity index (χ0v) is 17.5. The second kappa shape index (κ2) is 9.30. The first kappa shape index (κ1) is 21.2. The Morgan fingerprint density at radius 2 is 2.10 bits per heavy atom. The molecule has 1 aromatic carbocycles. The summed E-state index contributed by atoms with van der Waals surface area (Å²) in [6, 6.07) is 5.48. The zero-order chi connectivity index (χ0) is 21.0. The maximum Gasteiger partial charge on any atom is 0.325 e. The van der Waals surface area contributed by atoms with Crippen molar-refractivity contribution in [2.45, 2.75) is 44.7 Å². The number of nitrogens with one attached hydrogen (secondary N) is 2. The Bertz CT molecular complexity index is 923. The minimum absolute atomic E-state index is 0.0517. The Hall–Kier alpha value is -2.55. The number of fused-ring (bicyclic) bond motifs is 1. The lowest BCUT2D eigenvalue weighted by Gasteiger charge is -2.18. The van der Waals surface area contributed by atoms with Gasteiger partial charge in [0.05, 0.1) is 24.2 Å². The maximum absolute atomic E-state index is 12.3. The fourth-order valence-electron chi connectivity index (χ4n) is 3.26. The third kappa shape index (κ3) is 4.90. The topological polar surface area (TPSA) is 102 Å².